The molecule has 2 aromatic rings. The van der Waals surface area contributed by atoms with Crippen molar-refractivity contribution >= 4 is 28.4 Å². The number of benzene rings is 1. The first-order valence-electron chi connectivity index (χ1n) is 6.98. The van der Waals surface area contributed by atoms with Gasteiger partial charge in [0.05, 0.1) is 12.1 Å². The maximum atomic E-state index is 12.5. The normalized spacial score (nSPS) is 18.3. The van der Waals surface area contributed by atoms with Gasteiger partial charge < -0.3 is 9.64 Å². The zero-order chi connectivity index (χ0) is 15.0. The topological polar surface area (TPSA) is 42.4 Å². The number of fused-ring (bicyclic) bond motifs is 3. The average Bonchev–Trinajstić information content (AvgIpc) is 2.58. The van der Waals surface area contributed by atoms with Crippen molar-refractivity contribution < 1.29 is 9.53 Å². The molecule has 110 valence electrons. The summed E-state index contributed by atoms with van der Waals surface area (Å²) < 4.78 is 6.10. The van der Waals surface area contributed by atoms with E-state index in [1.54, 1.807) is 11.9 Å². The lowest BCUT2D eigenvalue weighted by molar-refractivity contribution is 0.0759. The van der Waals surface area contributed by atoms with Gasteiger partial charge in [0, 0.05) is 24.0 Å². The summed E-state index contributed by atoms with van der Waals surface area (Å²) in [5, 5.41) is 0.973. The Morgan fingerprint density at radius 3 is 2.90 bits per heavy atom. The Morgan fingerprint density at radius 1 is 1.38 bits per heavy atom. The number of likely N-dealkylation sites (N-methyl/N-ethyl adjacent to an activating group) is 1. The molecule has 0 saturated heterocycles. The highest BCUT2D eigenvalue weighted by Crippen LogP contribution is 2.33. The van der Waals surface area contributed by atoms with E-state index in [1.165, 1.54) is 0 Å². The number of carbonyl (C=O) groups excluding carboxylic acids is 1. The number of rotatable bonds is 2. The second-order valence-corrected chi connectivity index (χ2v) is 5.75. The summed E-state index contributed by atoms with van der Waals surface area (Å²) in [5.74, 6) is 1.05. The number of ether oxygens (including phenoxy) is 1. The third kappa shape index (κ3) is 2.56. The molecule has 1 amide bonds. The van der Waals surface area contributed by atoms with Crippen LogP contribution in [0.15, 0.2) is 24.3 Å². The fraction of sp³-hybridized carbons (Fsp3) is 0.375. The van der Waals surface area contributed by atoms with Crippen molar-refractivity contribution in [2.75, 3.05) is 19.5 Å². The van der Waals surface area contributed by atoms with Crippen molar-refractivity contribution in [1.29, 1.82) is 0 Å². The lowest BCUT2D eigenvalue weighted by Gasteiger charge is -2.19. The Morgan fingerprint density at radius 2 is 2.14 bits per heavy atom. The van der Waals surface area contributed by atoms with Gasteiger partial charge in [-0.3, -0.25) is 4.79 Å². The van der Waals surface area contributed by atoms with Gasteiger partial charge in [-0.2, -0.15) is 0 Å². The van der Waals surface area contributed by atoms with Gasteiger partial charge in [0.2, 0.25) is 0 Å². The van der Waals surface area contributed by atoms with Crippen LogP contribution in [0.3, 0.4) is 0 Å². The minimum absolute atomic E-state index is 0.0349. The maximum Gasteiger partial charge on any atom is 0.257 e. The number of hydrogen-bond donors (Lipinski definition) is 0. The monoisotopic (exact) mass is 304 g/mol. The Hall–Kier alpha value is -1.81. The minimum atomic E-state index is -0.106. The lowest BCUT2D eigenvalue weighted by Crippen LogP contribution is -2.34. The highest BCUT2D eigenvalue weighted by Gasteiger charge is 2.28. The zero-order valence-corrected chi connectivity index (χ0v) is 12.9. The molecule has 5 heteroatoms. The Kier molecular flexibility index (Phi) is 3.72. The summed E-state index contributed by atoms with van der Waals surface area (Å²) in [6.45, 7) is 2.47. The number of aryl methyl sites for hydroxylation is 1. The summed E-state index contributed by atoms with van der Waals surface area (Å²) in [4.78, 5) is 18.7. The van der Waals surface area contributed by atoms with Crippen LogP contribution in [0.25, 0.3) is 10.9 Å². The van der Waals surface area contributed by atoms with Gasteiger partial charge in [-0.25, -0.2) is 4.98 Å². The molecular weight excluding hydrogens is 288 g/mol. The van der Waals surface area contributed by atoms with Crippen molar-refractivity contribution in [3.8, 4) is 5.75 Å². The number of nitrogens with zero attached hydrogens (tertiary/aromatic N) is 2. The summed E-state index contributed by atoms with van der Waals surface area (Å²) in [7, 11) is 1.79. The third-order valence-corrected chi connectivity index (χ3v) is 3.94. The van der Waals surface area contributed by atoms with E-state index in [9.17, 15) is 4.79 Å². The highest BCUT2D eigenvalue weighted by molar-refractivity contribution is 6.17. The number of aromatic nitrogens is 1. The molecule has 0 N–H and O–H groups in total. The SMILES string of the molecule is Cc1ccc2ccc3c(c2n1)OC(CCCl)CN(C)C3=O. The first-order valence-corrected chi connectivity index (χ1v) is 7.52. The van der Waals surface area contributed by atoms with Gasteiger partial charge in [0.25, 0.3) is 5.91 Å². The fourth-order valence-electron chi connectivity index (χ4n) is 2.62. The number of amides is 1. The Labute approximate surface area is 128 Å². The van der Waals surface area contributed by atoms with Crippen molar-refractivity contribution in [3.05, 3.63) is 35.5 Å². The van der Waals surface area contributed by atoms with Gasteiger partial charge in [-0.1, -0.05) is 12.1 Å². The Bertz CT molecular complexity index is 702. The van der Waals surface area contributed by atoms with Crippen LogP contribution < -0.4 is 4.74 Å². The minimum Gasteiger partial charge on any atom is -0.485 e. The summed E-state index contributed by atoms with van der Waals surface area (Å²) in [5.41, 5.74) is 2.22. The second-order valence-electron chi connectivity index (χ2n) is 5.37. The van der Waals surface area contributed by atoms with E-state index in [1.807, 2.05) is 31.2 Å². The molecule has 1 atom stereocenters. The standard InChI is InChI=1S/C16H17ClN2O2/c1-10-3-4-11-5-6-13-15(14(11)18-10)21-12(7-8-17)9-19(2)16(13)20/h3-6,12H,7-9H2,1-2H3. The number of halogens is 1. The number of carbonyl (C=O) groups is 1. The smallest absolute Gasteiger partial charge is 0.257 e. The van der Waals surface area contributed by atoms with E-state index in [4.69, 9.17) is 16.3 Å². The lowest BCUT2D eigenvalue weighted by atomic mass is 10.1. The summed E-state index contributed by atoms with van der Waals surface area (Å²) in [6, 6.07) is 7.68. The van der Waals surface area contributed by atoms with Gasteiger partial charge in [0.15, 0.2) is 5.75 Å². The molecule has 1 aromatic carbocycles. The molecule has 21 heavy (non-hydrogen) atoms. The number of hydrogen-bond acceptors (Lipinski definition) is 3. The average molecular weight is 305 g/mol. The largest absolute Gasteiger partial charge is 0.485 e. The zero-order valence-electron chi connectivity index (χ0n) is 12.1. The van der Waals surface area contributed by atoms with E-state index in [-0.39, 0.29) is 12.0 Å². The fourth-order valence-corrected chi connectivity index (χ4v) is 2.86. The van der Waals surface area contributed by atoms with E-state index in [0.29, 0.717) is 30.2 Å². The predicted molar refractivity (Wildman–Crippen MR) is 83.2 cm³/mol. The molecule has 0 fully saturated rings. The van der Waals surface area contributed by atoms with Crippen molar-refractivity contribution in [2.45, 2.75) is 19.4 Å². The molecule has 0 aliphatic carbocycles. The quantitative estimate of drug-likeness (QED) is 0.801. The van der Waals surface area contributed by atoms with Crippen molar-refractivity contribution in [1.82, 2.24) is 9.88 Å². The van der Waals surface area contributed by atoms with E-state index < -0.39 is 0 Å². The molecule has 0 radical (unpaired) electrons. The van der Waals surface area contributed by atoms with Crippen LogP contribution >= 0.6 is 11.6 Å². The highest BCUT2D eigenvalue weighted by atomic mass is 35.5. The molecule has 1 unspecified atom stereocenters. The Balaban J connectivity index is 2.20. The van der Waals surface area contributed by atoms with Crippen LogP contribution in [0.2, 0.25) is 0 Å². The van der Waals surface area contributed by atoms with Crippen LogP contribution in [0.5, 0.6) is 5.75 Å². The second kappa shape index (κ2) is 5.53. The number of pyridine rings is 1. The molecule has 1 aromatic heterocycles. The summed E-state index contributed by atoms with van der Waals surface area (Å²) in [6.07, 6.45) is 0.589. The molecule has 1 aliphatic rings. The molecule has 0 spiro atoms. The van der Waals surface area contributed by atoms with Gasteiger partial charge >= 0.3 is 0 Å². The van der Waals surface area contributed by atoms with Crippen LogP contribution in [-0.2, 0) is 0 Å². The van der Waals surface area contributed by atoms with Gasteiger partial charge in [-0.15, -0.1) is 11.6 Å². The molecule has 4 nitrogen and oxygen atoms in total. The van der Waals surface area contributed by atoms with Crippen molar-refractivity contribution in [2.24, 2.45) is 0 Å². The first kappa shape index (κ1) is 14.1. The molecule has 1 aliphatic heterocycles. The van der Waals surface area contributed by atoms with E-state index >= 15 is 0 Å². The van der Waals surface area contributed by atoms with Gasteiger partial charge in [-0.05, 0) is 25.5 Å². The first-order chi connectivity index (χ1) is 10.1. The van der Waals surface area contributed by atoms with E-state index in [2.05, 4.69) is 4.98 Å². The molecule has 0 bridgehead atoms. The van der Waals surface area contributed by atoms with Crippen LogP contribution in [-0.4, -0.2) is 41.4 Å². The molecule has 3 rings (SSSR count). The van der Waals surface area contributed by atoms with E-state index in [0.717, 1.165) is 16.6 Å². The maximum absolute atomic E-state index is 12.5. The summed E-state index contributed by atoms with van der Waals surface area (Å²) >= 11 is 5.84. The third-order valence-electron chi connectivity index (χ3n) is 3.73. The van der Waals surface area contributed by atoms with Crippen LogP contribution in [0.4, 0.5) is 0 Å². The van der Waals surface area contributed by atoms with Crippen LogP contribution in [0, 0.1) is 6.92 Å². The molecule has 2 heterocycles. The predicted octanol–water partition coefficient (Wildman–Crippen LogP) is 3.01. The van der Waals surface area contributed by atoms with Gasteiger partial charge in [0.1, 0.15) is 11.6 Å². The van der Waals surface area contributed by atoms with Crippen molar-refractivity contribution in [3.63, 3.8) is 0 Å². The van der Waals surface area contributed by atoms with Crippen LogP contribution in [0.1, 0.15) is 22.5 Å². The number of alkyl halides is 1. The molecular formula is C16H17ClN2O2. The molecule has 0 saturated carbocycles.